The Hall–Kier alpha value is -3.80. The van der Waals surface area contributed by atoms with Gasteiger partial charge in [0.1, 0.15) is 0 Å². The molecule has 28 heavy (non-hydrogen) atoms. The topological polar surface area (TPSA) is 88.2 Å². The summed E-state index contributed by atoms with van der Waals surface area (Å²) in [4.78, 5) is 40.3. The molecule has 0 atom stereocenters. The van der Waals surface area contributed by atoms with E-state index in [0.717, 1.165) is 5.56 Å². The largest absolute Gasteiger partial charge is 0.348 e. The van der Waals surface area contributed by atoms with Crippen LogP contribution in [0.3, 0.4) is 0 Å². The number of amides is 2. The lowest BCUT2D eigenvalue weighted by molar-refractivity contribution is 0.0950. The Morgan fingerprint density at radius 2 is 1.46 bits per heavy atom. The number of nitrogens with one attached hydrogen (secondary N) is 2. The van der Waals surface area contributed by atoms with Crippen molar-refractivity contribution in [1.29, 1.82) is 0 Å². The van der Waals surface area contributed by atoms with Crippen molar-refractivity contribution in [1.82, 2.24) is 10.3 Å². The zero-order chi connectivity index (χ0) is 19.9. The zero-order valence-electron chi connectivity index (χ0n) is 15.3. The van der Waals surface area contributed by atoms with Crippen LogP contribution in [0.2, 0.25) is 0 Å². The molecular formula is C22H19N3O3. The molecule has 0 aliphatic heterocycles. The van der Waals surface area contributed by atoms with Gasteiger partial charge in [0.15, 0.2) is 5.78 Å². The van der Waals surface area contributed by atoms with E-state index in [1.807, 2.05) is 12.1 Å². The van der Waals surface area contributed by atoms with Gasteiger partial charge >= 0.3 is 0 Å². The second kappa shape index (κ2) is 8.73. The van der Waals surface area contributed by atoms with Gasteiger partial charge in [-0.2, -0.15) is 0 Å². The van der Waals surface area contributed by atoms with E-state index in [2.05, 4.69) is 15.6 Å². The molecule has 0 radical (unpaired) electrons. The second-order valence-corrected chi connectivity index (χ2v) is 6.21. The van der Waals surface area contributed by atoms with E-state index in [9.17, 15) is 14.4 Å². The molecule has 1 aromatic heterocycles. The van der Waals surface area contributed by atoms with Crippen LogP contribution in [0.5, 0.6) is 0 Å². The highest BCUT2D eigenvalue weighted by Gasteiger charge is 2.11. The first kappa shape index (κ1) is 19.0. The fourth-order valence-electron chi connectivity index (χ4n) is 2.61. The van der Waals surface area contributed by atoms with Crippen LogP contribution in [-0.4, -0.2) is 22.6 Å². The number of aromatic nitrogens is 1. The maximum absolute atomic E-state index is 12.5. The van der Waals surface area contributed by atoms with E-state index >= 15 is 0 Å². The van der Waals surface area contributed by atoms with E-state index in [1.54, 1.807) is 54.9 Å². The standard InChI is InChI=1S/C22H19N3O3/c1-15(26)17-4-3-7-20(13-17)25-22(28)19-6-2-5-18(12-19)21(27)24-14-16-8-10-23-11-9-16/h2-13H,14H2,1H3,(H,24,27)(H,25,28). The Bertz CT molecular complexity index is 1020. The quantitative estimate of drug-likeness (QED) is 0.648. The highest BCUT2D eigenvalue weighted by Crippen LogP contribution is 2.14. The molecule has 0 aliphatic carbocycles. The number of ketones is 1. The third-order valence-electron chi connectivity index (χ3n) is 4.12. The number of rotatable bonds is 6. The molecule has 0 unspecified atom stereocenters. The lowest BCUT2D eigenvalue weighted by atomic mass is 10.1. The number of anilines is 1. The fraction of sp³-hybridized carbons (Fsp3) is 0.0909. The number of hydrogen-bond acceptors (Lipinski definition) is 4. The third kappa shape index (κ3) is 4.88. The predicted octanol–water partition coefficient (Wildman–Crippen LogP) is 3.47. The van der Waals surface area contributed by atoms with Crippen molar-refractivity contribution in [3.05, 3.63) is 95.3 Å². The summed E-state index contributed by atoms with van der Waals surface area (Å²) in [6.07, 6.45) is 3.32. The highest BCUT2D eigenvalue weighted by molar-refractivity contribution is 6.06. The van der Waals surface area contributed by atoms with Crippen molar-refractivity contribution in [2.24, 2.45) is 0 Å². The van der Waals surface area contributed by atoms with Gasteiger partial charge in [-0.05, 0) is 55.0 Å². The molecule has 6 heteroatoms. The SMILES string of the molecule is CC(=O)c1cccc(NC(=O)c2cccc(C(=O)NCc3ccncc3)c2)c1. The van der Waals surface area contributed by atoms with Crippen LogP contribution in [-0.2, 0) is 6.54 Å². The molecule has 0 aliphatic rings. The lowest BCUT2D eigenvalue weighted by Crippen LogP contribution is -2.23. The number of nitrogens with zero attached hydrogens (tertiary/aromatic N) is 1. The molecule has 2 aromatic carbocycles. The Balaban J connectivity index is 1.68. The van der Waals surface area contributed by atoms with Gasteiger partial charge in [-0.3, -0.25) is 19.4 Å². The predicted molar refractivity (Wildman–Crippen MR) is 106 cm³/mol. The minimum Gasteiger partial charge on any atom is -0.348 e. The average molecular weight is 373 g/mol. The minimum absolute atomic E-state index is 0.0797. The van der Waals surface area contributed by atoms with E-state index in [1.165, 1.54) is 13.0 Å². The van der Waals surface area contributed by atoms with Crippen molar-refractivity contribution in [3.63, 3.8) is 0 Å². The van der Waals surface area contributed by atoms with Gasteiger partial charge < -0.3 is 10.6 Å². The van der Waals surface area contributed by atoms with E-state index < -0.39 is 0 Å². The fourth-order valence-corrected chi connectivity index (χ4v) is 2.61. The molecule has 0 saturated heterocycles. The number of benzene rings is 2. The van der Waals surface area contributed by atoms with E-state index in [0.29, 0.717) is 28.9 Å². The van der Waals surface area contributed by atoms with Gasteiger partial charge in [-0.1, -0.05) is 18.2 Å². The first-order chi connectivity index (χ1) is 13.5. The first-order valence-electron chi connectivity index (χ1n) is 8.72. The van der Waals surface area contributed by atoms with Crippen LogP contribution < -0.4 is 10.6 Å². The molecule has 3 rings (SSSR count). The van der Waals surface area contributed by atoms with Gasteiger partial charge in [0.05, 0.1) is 0 Å². The summed E-state index contributed by atoms with van der Waals surface area (Å²) in [5.41, 5.74) is 2.71. The molecule has 1 heterocycles. The molecule has 0 saturated carbocycles. The van der Waals surface area contributed by atoms with Crippen LogP contribution in [0.25, 0.3) is 0 Å². The van der Waals surface area contributed by atoms with Crippen molar-refractivity contribution >= 4 is 23.3 Å². The molecule has 0 spiro atoms. The Morgan fingerprint density at radius 1 is 0.821 bits per heavy atom. The number of Topliss-reactive ketones (excluding diaryl/α,β-unsaturated/α-hetero) is 1. The molecule has 6 nitrogen and oxygen atoms in total. The second-order valence-electron chi connectivity index (χ2n) is 6.21. The number of carbonyl (C=O) groups is 3. The summed E-state index contributed by atoms with van der Waals surface area (Å²) in [5, 5.41) is 5.56. The van der Waals surface area contributed by atoms with Gasteiger partial charge in [0, 0.05) is 41.3 Å². The van der Waals surface area contributed by atoms with Crippen LogP contribution in [0, 0.1) is 0 Å². The molecule has 3 aromatic rings. The van der Waals surface area contributed by atoms with Crippen LogP contribution >= 0.6 is 0 Å². The van der Waals surface area contributed by atoms with Gasteiger partial charge in [-0.25, -0.2) is 0 Å². The molecule has 2 N–H and O–H groups in total. The zero-order valence-corrected chi connectivity index (χ0v) is 15.3. The van der Waals surface area contributed by atoms with Crippen LogP contribution in [0.15, 0.2) is 73.1 Å². The van der Waals surface area contributed by atoms with Crippen molar-refractivity contribution in [3.8, 4) is 0 Å². The highest BCUT2D eigenvalue weighted by atomic mass is 16.2. The van der Waals surface area contributed by atoms with E-state index in [-0.39, 0.29) is 17.6 Å². The minimum atomic E-state index is -0.357. The Kier molecular flexibility index (Phi) is 5.91. The van der Waals surface area contributed by atoms with Crippen LogP contribution in [0.4, 0.5) is 5.69 Å². The molecule has 0 bridgehead atoms. The number of carbonyl (C=O) groups excluding carboxylic acids is 3. The number of hydrogen-bond donors (Lipinski definition) is 2. The monoisotopic (exact) mass is 373 g/mol. The summed E-state index contributed by atoms with van der Waals surface area (Å²) < 4.78 is 0. The molecule has 0 fully saturated rings. The summed E-state index contributed by atoms with van der Waals surface area (Å²) in [6.45, 7) is 1.84. The lowest BCUT2D eigenvalue weighted by Gasteiger charge is -2.09. The Morgan fingerprint density at radius 3 is 2.18 bits per heavy atom. The molecular weight excluding hydrogens is 354 g/mol. The maximum Gasteiger partial charge on any atom is 0.255 e. The van der Waals surface area contributed by atoms with Gasteiger partial charge in [0.2, 0.25) is 0 Å². The number of pyridine rings is 1. The Labute approximate surface area is 162 Å². The molecule has 2 amide bonds. The molecule has 140 valence electrons. The summed E-state index contributed by atoms with van der Waals surface area (Å²) in [7, 11) is 0. The van der Waals surface area contributed by atoms with Gasteiger partial charge in [0.25, 0.3) is 11.8 Å². The van der Waals surface area contributed by atoms with E-state index in [4.69, 9.17) is 0 Å². The summed E-state index contributed by atoms with van der Waals surface area (Å²) >= 11 is 0. The van der Waals surface area contributed by atoms with Crippen molar-refractivity contribution in [2.45, 2.75) is 13.5 Å². The van der Waals surface area contributed by atoms with Gasteiger partial charge in [-0.15, -0.1) is 0 Å². The van der Waals surface area contributed by atoms with Crippen molar-refractivity contribution < 1.29 is 14.4 Å². The normalized spacial score (nSPS) is 10.2. The average Bonchev–Trinajstić information content (AvgIpc) is 2.73. The smallest absolute Gasteiger partial charge is 0.255 e. The maximum atomic E-state index is 12.5. The van der Waals surface area contributed by atoms with Crippen molar-refractivity contribution in [2.75, 3.05) is 5.32 Å². The summed E-state index contributed by atoms with van der Waals surface area (Å²) in [6, 6.07) is 16.8. The third-order valence-corrected chi connectivity index (χ3v) is 4.12. The van der Waals surface area contributed by atoms with Crippen LogP contribution in [0.1, 0.15) is 43.6 Å². The first-order valence-corrected chi connectivity index (χ1v) is 8.72. The summed E-state index contributed by atoms with van der Waals surface area (Å²) in [5.74, 6) is -0.710.